The third kappa shape index (κ3) is 6.97. The molecule has 0 radical (unpaired) electrons. The lowest BCUT2D eigenvalue weighted by Crippen LogP contribution is -2.32. The van der Waals surface area contributed by atoms with Crippen LogP contribution in [0.1, 0.15) is 17.3 Å². The number of hydrogen-bond donors (Lipinski definition) is 2. The van der Waals surface area contributed by atoms with Gasteiger partial charge in [-0.3, -0.25) is 4.79 Å². The molecule has 114 valence electrons. The summed E-state index contributed by atoms with van der Waals surface area (Å²) in [7, 11) is 0. The smallest absolute Gasteiger partial charge is 0.351 e. The van der Waals surface area contributed by atoms with Crippen molar-refractivity contribution in [1.29, 1.82) is 0 Å². The van der Waals surface area contributed by atoms with Crippen molar-refractivity contribution in [2.24, 2.45) is 0 Å². The molecule has 0 fully saturated rings. The molecule has 2 N–H and O–H groups in total. The minimum atomic E-state index is -4.47. The van der Waals surface area contributed by atoms with Crippen molar-refractivity contribution >= 4 is 30.1 Å². The van der Waals surface area contributed by atoms with E-state index in [1.54, 1.807) is 0 Å². The first-order valence-corrected chi connectivity index (χ1v) is 6.45. The summed E-state index contributed by atoms with van der Waals surface area (Å²) in [6, 6.07) is 2.75. The van der Waals surface area contributed by atoms with Crippen molar-refractivity contribution in [3.8, 4) is 0 Å². The monoisotopic (exact) mass is 329 g/mol. The third-order valence-corrected chi connectivity index (χ3v) is 2.82. The summed E-state index contributed by atoms with van der Waals surface area (Å²) in [5, 5.41) is 5.19. The Balaban J connectivity index is 0.00000361. The Morgan fingerprint density at radius 2 is 2.10 bits per heavy atom. The van der Waals surface area contributed by atoms with Gasteiger partial charge in [-0.25, -0.2) is 4.98 Å². The number of amides is 1. The van der Waals surface area contributed by atoms with Gasteiger partial charge in [-0.1, -0.05) is 6.92 Å². The number of nitrogens with zero attached hydrogens (tertiary/aromatic N) is 1. The Labute approximate surface area is 125 Å². The Hall–Kier alpha value is -0.990. The molecule has 0 bridgehead atoms. The van der Waals surface area contributed by atoms with Crippen LogP contribution in [-0.4, -0.2) is 36.0 Å². The number of carbonyl (C=O) groups is 1. The second-order valence-electron chi connectivity index (χ2n) is 3.51. The molecule has 0 aliphatic heterocycles. The van der Waals surface area contributed by atoms with E-state index < -0.39 is 11.4 Å². The molecule has 1 rings (SSSR count). The molecule has 1 aromatic heterocycles. The zero-order valence-corrected chi connectivity index (χ0v) is 12.3. The Bertz CT molecular complexity index is 432. The largest absolute Gasteiger partial charge is 0.447 e. The van der Waals surface area contributed by atoms with E-state index in [4.69, 9.17) is 0 Å². The van der Waals surface area contributed by atoms with Crippen molar-refractivity contribution in [1.82, 2.24) is 15.6 Å². The summed E-state index contributed by atoms with van der Waals surface area (Å²) in [5.41, 5.74) is -4.53. The van der Waals surface area contributed by atoms with Gasteiger partial charge >= 0.3 is 5.51 Å². The quantitative estimate of drug-likeness (QED) is 0.622. The van der Waals surface area contributed by atoms with Crippen LogP contribution < -0.4 is 10.6 Å². The zero-order chi connectivity index (χ0) is 14.3. The Morgan fingerprint density at radius 3 is 2.70 bits per heavy atom. The summed E-state index contributed by atoms with van der Waals surface area (Å²) < 4.78 is 37.0. The fourth-order valence-corrected chi connectivity index (χ4v) is 1.89. The van der Waals surface area contributed by atoms with Gasteiger partial charge in [0, 0.05) is 31.0 Å². The van der Waals surface area contributed by atoms with E-state index in [1.165, 1.54) is 18.3 Å². The van der Waals surface area contributed by atoms with Gasteiger partial charge in [-0.2, -0.15) is 13.2 Å². The molecule has 9 heteroatoms. The second-order valence-corrected chi connectivity index (χ2v) is 4.57. The molecule has 0 spiro atoms. The van der Waals surface area contributed by atoms with Gasteiger partial charge < -0.3 is 10.6 Å². The molecule has 1 amide bonds. The number of rotatable bonds is 6. The fourth-order valence-electron chi connectivity index (χ4n) is 1.29. The average molecular weight is 330 g/mol. The molecular formula is C11H15ClF3N3OS. The minimum absolute atomic E-state index is 0. The van der Waals surface area contributed by atoms with Crippen molar-refractivity contribution in [2.75, 3.05) is 19.6 Å². The van der Waals surface area contributed by atoms with Crippen LogP contribution in [0.3, 0.4) is 0 Å². The van der Waals surface area contributed by atoms with Gasteiger partial charge in [-0.05, 0) is 18.7 Å². The van der Waals surface area contributed by atoms with Crippen LogP contribution in [0.4, 0.5) is 13.2 Å². The topological polar surface area (TPSA) is 54.0 Å². The first-order valence-electron chi connectivity index (χ1n) is 5.63. The van der Waals surface area contributed by atoms with Crippen LogP contribution in [0.2, 0.25) is 0 Å². The number of carbonyl (C=O) groups excluding carboxylic acids is 1. The summed E-state index contributed by atoms with van der Waals surface area (Å²) in [6.07, 6.45) is 1.23. The zero-order valence-electron chi connectivity index (χ0n) is 10.7. The SMILES string of the molecule is CCNCCNC(=O)c1cccnc1SC(F)(F)F.Cl. The normalized spacial score (nSPS) is 10.8. The number of pyridine rings is 1. The van der Waals surface area contributed by atoms with Crippen LogP contribution in [-0.2, 0) is 0 Å². The first kappa shape index (κ1) is 19.0. The average Bonchev–Trinajstić information content (AvgIpc) is 2.33. The lowest BCUT2D eigenvalue weighted by atomic mass is 10.2. The molecule has 1 aromatic rings. The molecule has 0 unspecified atom stereocenters. The van der Waals surface area contributed by atoms with Crippen LogP contribution in [0.5, 0.6) is 0 Å². The molecular weight excluding hydrogens is 315 g/mol. The van der Waals surface area contributed by atoms with Crippen LogP contribution in [0, 0.1) is 0 Å². The molecule has 4 nitrogen and oxygen atoms in total. The van der Waals surface area contributed by atoms with Gasteiger partial charge in [0.2, 0.25) is 0 Å². The maximum absolute atomic E-state index is 12.3. The maximum Gasteiger partial charge on any atom is 0.447 e. The summed E-state index contributed by atoms with van der Waals surface area (Å²) >= 11 is -0.388. The molecule has 0 saturated carbocycles. The lowest BCUT2D eigenvalue weighted by molar-refractivity contribution is -0.0329. The maximum atomic E-state index is 12.3. The predicted molar refractivity (Wildman–Crippen MR) is 74.3 cm³/mol. The van der Waals surface area contributed by atoms with Gasteiger partial charge in [0.05, 0.1) is 5.56 Å². The number of nitrogens with one attached hydrogen (secondary N) is 2. The standard InChI is InChI=1S/C11H14F3N3OS.ClH/c1-2-15-6-7-16-9(18)8-4-3-5-17-10(8)19-11(12,13)14;/h3-5,15H,2,6-7H2,1H3,(H,16,18);1H. The van der Waals surface area contributed by atoms with Gasteiger partial charge in [0.15, 0.2) is 0 Å². The Morgan fingerprint density at radius 1 is 1.40 bits per heavy atom. The molecule has 1 heterocycles. The lowest BCUT2D eigenvalue weighted by Gasteiger charge is -2.10. The Kier molecular flexibility index (Phi) is 8.59. The number of halogens is 4. The van der Waals surface area contributed by atoms with E-state index in [2.05, 4.69) is 15.6 Å². The summed E-state index contributed by atoms with van der Waals surface area (Å²) in [6.45, 7) is 3.58. The van der Waals surface area contributed by atoms with Crippen molar-refractivity contribution < 1.29 is 18.0 Å². The number of alkyl halides is 3. The molecule has 0 atom stereocenters. The number of hydrogen-bond acceptors (Lipinski definition) is 4. The van der Waals surface area contributed by atoms with E-state index >= 15 is 0 Å². The van der Waals surface area contributed by atoms with Crippen molar-refractivity contribution in [2.45, 2.75) is 17.5 Å². The molecule has 0 saturated heterocycles. The van der Waals surface area contributed by atoms with Crippen LogP contribution in [0.25, 0.3) is 0 Å². The third-order valence-electron chi connectivity index (χ3n) is 2.07. The van der Waals surface area contributed by atoms with Crippen molar-refractivity contribution in [3.05, 3.63) is 23.9 Å². The van der Waals surface area contributed by atoms with E-state index in [0.717, 1.165) is 6.54 Å². The predicted octanol–water partition coefficient (Wildman–Crippen LogP) is 2.45. The van der Waals surface area contributed by atoms with Gasteiger partial charge in [0.25, 0.3) is 5.91 Å². The minimum Gasteiger partial charge on any atom is -0.351 e. The van der Waals surface area contributed by atoms with E-state index in [0.29, 0.717) is 13.1 Å². The number of aromatic nitrogens is 1. The molecule has 20 heavy (non-hydrogen) atoms. The highest BCUT2D eigenvalue weighted by molar-refractivity contribution is 8.00. The first-order chi connectivity index (χ1) is 8.94. The van der Waals surface area contributed by atoms with Gasteiger partial charge in [-0.15, -0.1) is 12.4 Å². The van der Waals surface area contributed by atoms with E-state index in [1.807, 2.05) is 6.92 Å². The van der Waals surface area contributed by atoms with Gasteiger partial charge in [0.1, 0.15) is 5.03 Å². The number of likely N-dealkylation sites (N-methyl/N-ethyl adjacent to an activating group) is 1. The highest BCUT2D eigenvalue weighted by atomic mass is 35.5. The molecule has 0 aliphatic rings. The highest BCUT2D eigenvalue weighted by Gasteiger charge is 2.32. The molecule has 0 aromatic carbocycles. The second kappa shape index (κ2) is 9.04. The van der Waals surface area contributed by atoms with Crippen molar-refractivity contribution in [3.63, 3.8) is 0 Å². The number of thioether (sulfide) groups is 1. The van der Waals surface area contributed by atoms with Crippen LogP contribution in [0.15, 0.2) is 23.4 Å². The van der Waals surface area contributed by atoms with E-state index in [-0.39, 0.29) is 34.8 Å². The fraction of sp³-hybridized carbons (Fsp3) is 0.455. The summed E-state index contributed by atoms with van der Waals surface area (Å²) in [5.74, 6) is -0.558. The van der Waals surface area contributed by atoms with E-state index in [9.17, 15) is 18.0 Å². The van der Waals surface area contributed by atoms with Crippen LogP contribution >= 0.6 is 24.2 Å². The summed E-state index contributed by atoms with van der Waals surface area (Å²) in [4.78, 5) is 15.4. The highest BCUT2D eigenvalue weighted by Crippen LogP contribution is 2.37. The molecule has 0 aliphatic carbocycles.